The van der Waals surface area contributed by atoms with Crippen LogP contribution in [0.25, 0.3) is 0 Å². The molecule has 0 atom stereocenters. The van der Waals surface area contributed by atoms with Crippen molar-refractivity contribution in [3.8, 4) is 0 Å². The van der Waals surface area contributed by atoms with Crippen LogP contribution in [0.5, 0.6) is 0 Å². The van der Waals surface area contributed by atoms with E-state index in [0.717, 1.165) is 11.5 Å². The topological polar surface area (TPSA) is 76.9 Å². The first-order valence-electron chi connectivity index (χ1n) is 6.30. The quantitative estimate of drug-likeness (QED) is 0.911. The van der Waals surface area contributed by atoms with Crippen LogP contribution < -0.4 is 5.32 Å². The van der Waals surface area contributed by atoms with Crippen molar-refractivity contribution < 1.29 is 8.42 Å². The number of nitrogens with one attached hydrogen (secondary N) is 1. The van der Waals surface area contributed by atoms with Crippen LogP contribution in [0.1, 0.15) is 25.7 Å². The van der Waals surface area contributed by atoms with Gasteiger partial charge in [-0.2, -0.15) is 5.10 Å². The van der Waals surface area contributed by atoms with Crippen LogP contribution in [0, 0.1) is 0 Å². The molecule has 2 aromatic rings. The van der Waals surface area contributed by atoms with Gasteiger partial charge >= 0.3 is 0 Å². The molecule has 1 N–H and O–H groups in total. The van der Waals surface area contributed by atoms with E-state index in [-0.39, 0.29) is 6.04 Å². The van der Waals surface area contributed by atoms with Crippen molar-refractivity contribution in [3.05, 3.63) is 36.4 Å². The fourth-order valence-electron chi connectivity index (χ4n) is 1.83. The maximum Gasteiger partial charge on any atom is 0.175 e. The largest absolute Gasteiger partial charge is 0.378 e. The Kier molecular flexibility index (Phi) is 4.08. The average molecular weight is 294 g/mol. The number of nitrogens with zero attached hydrogens (tertiary/aromatic N) is 3. The van der Waals surface area contributed by atoms with Crippen molar-refractivity contribution in [2.24, 2.45) is 0 Å². The zero-order chi connectivity index (χ0) is 14.8. The molecule has 0 aliphatic heterocycles. The van der Waals surface area contributed by atoms with E-state index < -0.39 is 9.84 Å². The minimum absolute atomic E-state index is 0.252. The Hall–Kier alpha value is -1.89. The van der Waals surface area contributed by atoms with Gasteiger partial charge in [0.05, 0.1) is 11.4 Å². The standard InChI is InChI=1S/C13H18N4O2S/c1-10(2)17-13(15-9-16-17)8-14-11-4-6-12(7-5-11)20(3,18)19/h4-7,9-10,14H,8H2,1-3H3. The van der Waals surface area contributed by atoms with E-state index in [1.165, 1.54) is 12.6 Å². The Morgan fingerprint density at radius 2 is 1.90 bits per heavy atom. The molecule has 2 rings (SSSR count). The second-order valence-electron chi connectivity index (χ2n) is 4.86. The number of rotatable bonds is 5. The minimum Gasteiger partial charge on any atom is -0.378 e. The van der Waals surface area contributed by atoms with Gasteiger partial charge in [0.25, 0.3) is 0 Å². The predicted molar refractivity (Wildman–Crippen MR) is 77.3 cm³/mol. The molecule has 0 unspecified atom stereocenters. The molecular formula is C13H18N4O2S. The summed E-state index contributed by atoms with van der Waals surface area (Å²) in [4.78, 5) is 4.52. The van der Waals surface area contributed by atoms with Crippen LogP contribution in [0.4, 0.5) is 5.69 Å². The summed E-state index contributed by atoms with van der Waals surface area (Å²) in [6.07, 6.45) is 2.73. The molecule has 6 nitrogen and oxygen atoms in total. The van der Waals surface area contributed by atoms with E-state index in [0.29, 0.717) is 11.4 Å². The Morgan fingerprint density at radius 1 is 1.25 bits per heavy atom. The van der Waals surface area contributed by atoms with Crippen LogP contribution >= 0.6 is 0 Å². The highest BCUT2D eigenvalue weighted by Crippen LogP contribution is 2.15. The highest BCUT2D eigenvalue weighted by molar-refractivity contribution is 7.90. The molecule has 1 aromatic heterocycles. The monoisotopic (exact) mass is 294 g/mol. The van der Waals surface area contributed by atoms with E-state index in [1.54, 1.807) is 24.3 Å². The van der Waals surface area contributed by atoms with Gasteiger partial charge in [-0.05, 0) is 38.1 Å². The molecule has 0 saturated heterocycles. The third-order valence-corrected chi connectivity index (χ3v) is 4.00. The molecular weight excluding hydrogens is 276 g/mol. The van der Waals surface area contributed by atoms with Gasteiger partial charge in [-0.3, -0.25) is 0 Å². The van der Waals surface area contributed by atoms with Gasteiger partial charge in [0, 0.05) is 18.0 Å². The molecule has 0 aliphatic rings. The Morgan fingerprint density at radius 3 is 2.45 bits per heavy atom. The number of anilines is 1. The zero-order valence-electron chi connectivity index (χ0n) is 11.7. The van der Waals surface area contributed by atoms with Gasteiger partial charge in [-0.1, -0.05) is 0 Å². The van der Waals surface area contributed by atoms with Gasteiger partial charge in [0.2, 0.25) is 0 Å². The lowest BCUT2D eigenvalue weighted by atomic mass is 10.3. The molecule has 1 heterocycles. The smallest absolute Gasteiger partial charge is 0.175 e. The van der Waals surface area contributed by atoms with Gasteiger partial charge in [-0.15, -0.1) is 0 Å². The van der Waals surface area contributed by atoms with Crippen molar-refractivity contribution in [3.63, 3.8) is 0 Å². The highest BCUT2D eigenvalue weighted by Gasteiger charge is 2.08. The maximum atomic E-state index is 11.4. The fraction of sp³-hybridized carbons (Fsp3) is 0.385. The van der Waals surface area contributed by atoms with Crippen LogP contribution in [0.3, 0.4) is 0 Å². The first-order chi connectivity index (χ1) is 9.38. The molecule has 0 spiro atoms. The first-order valence-corrected chi connectivity index (χ1v) is 8.19. The highest BCUT2D eigenvalue weighted by atomic mass is 32.2. The second-order valence-corrected chi connectivity index (χ2v) is 6.88. The number of hydrogen-bond donors (Lipinski definition) is 1. The number of sulfone groups is 1. The normalized spacial score (nSPS) is 11.8. The Labute approximate surface area is 118 Å². The lowest BCUT2D eigenvalue weighted by molar-refractivity contribution is 0.509. The molecule has 0 saturated carbocycles. The van der Waals surface area contributed by atoms with Gasteiger partial charge in [0.15, 0.2) is 9.84 Å². The number of hydrogen-bond acceptors (Lipinski definition) is 5. The second kappa shape index (κ2) is 5.62. The summed E-state index contributed by atoms with van der Waals surface area (Å²) in [5, 5.41) is 7.36. The van der Waals surface area contributed by atoms with Crippen molar-refractivity contribution >= 4 is 15.5 Å². The number of aromatic nitrogens is 3. The third kappa shape index (κ3) is 3.36. The lowest BCUT2D eigenvalue weighted by Gasteiger charge is -2.11. The molecule has 0 bridgehead atoms. The van der Waals surface area contributed by atoms with E-state index in [1.807, 2.05) is 18.5 Å². The zero-order valence-corrected chi connectivity index (χ0v) is 12.6. The molecule has 0 amide bonds. The van der Waals surface area contributed by atoms with E-state index in [9.17, 15) is 8.42 Å². The summed E-state index contributed by atoms with van der Waals surface area (Å²) in [7, 11) is -3.15. The Balaban J connectivity index is 2.06. The van der Waals surface area contributed by atoms with E-state index in [4.69, 9.17) is 0 Å². The van der Waals surface area contributed by atoms with Crippen LogP contribution in [0.2, 0.25) is 0 Å². The number of benzene rings is 1. The summed E-state index contributed by atoms with van der Waals surface area (Å²) >= 11 is 0. The summed E-state index contributed by atoms with van der Waals surface area (Å²) in [6.45, 7) is 4.62. The van der Waals surface area contributed by atoms with Gasteiger partial charge < -0.3 is 5.32 Å². The van der Waals surface area contributed by atoms with E-state index >= 15 is 0 Å². The van der Waals surface area contributed by atoms with Crippen molar-refractivity contribution in [1.82, 2.24) is 14.8 Å². The Bertz CT molecular complexity index is 675. The summed E-state index contributed by atoms with van der Waals surface area (Å²) in [5.41, 5.74) is 0.843. The molecule has 0 radical (unpaired) electrons. The summed E-state index contributed by atoms with van der Waals surface area (Å²) in [5.74, 6) is 0.840. The fourth-order valence-corrected chi connectivity index (χ4v) is 2.46. The maximum absolute atomic E-state index is 11.4. The summed E-state index contributed by atoms with van der Waals surface area (Å²) in [6, 6.07) is 6.91. The molecule has 20 heavy (non-hydrogen) atoms. The van der Waals surface area contributed by atoms with Gasteiger partial charge in [0.1, 0.15) is 12.2 Å². The average Bonchev–Trinajstić information content (AvgIpc) is 2.84. The van der Waals surface area contributed by atoms with Crippen molar-refractivity contribution in [1.29, 1.82) is 0 Å². The SMILES string of the molecule is CC(C)n1ncnc1CNc1ccc(S(C)(=O)=O)cc1. The molecule has 0 fully saturated rings. The van der Waals surface area contributed by atoms with Crippen LogP contribution in [-0.2, 0) is 16.4 Å². The third-order valence-electron chi connectivity index (χ3n) is 2.87. The first kappa shape index (κ1) is 14.5. The van der Waals surface area contributed by atoms with E-state index in [2.05, 4.69) is 15.4 Å². The molecule has 1 aromatic carbocycles. The molecule has 108 valence electrons. The lowest BCUT2D eigenvalue weighted by Crippen LogP contribution is -2.12. The van der Waals surface area contributed by atoms with Crippen LogP contribution in [-0.4, -0.2) is 29.4 Å². The van der Waals surface area contributed by atoms with Crippen LogP contribution in [0.15, 0.2) is 35.5 Å². The predicted octanol–water partition coefficient (Wildman–Crippen LogP) is 1.87. The molecule has 0 aliphatic carbocycles. The minimum atomic E-state index is -3.15. The molecule has 7 heteroatoms. The van der Waals surface area contributed by atoms with Gasteiger partial charge in [-0.25, -0.2) is 18.1 Å². The van der Waals surface area contributed by atoms with Crippen molar-refractivity contribution in [2.75, 3.05) is 11.6 Å². The van der Waals surface area contributed by atoms with Crippen molar-refractivity contribution in [2.45, 2.75) is 31.3 Å². The summed E-state index contributed by atoms with van der Waals surface area (Å²) < 4.78 is 24.6.